The SMILES string of the molecule is Cc1ccccc1.Cl.Cl.[CH3-].[CH3-].[Si]=[Zr].c1ccc2[cH-]ccc2c1.c1ccc2[cH-]ccc2c1. The fourth-order valence-corrected chi connectivity index (χ4v) is 2.67. The molecule has 5 aromatic carbocycles. The first-order valence-corrected chi connectivity index (χ1v) is 13.0. The zero-order valence-corrected chi connectivity index (χ0v) is 23.4. The van der Waals surface area contributed by atoms with Crippen molar-refractivity contribution in [1.29, 1.82) is 0 Å². The van der Waals surface area contributed by atoms with Crippen LogP contribution in [0.1, 0.15) is 5.56 Å². The second-order valence-electron chi connectivity index (χ2n) is 5.96. The van der Waals surface area contributed by atoms with Gasteiger partial charge in [0, 0.05) is 0 Å². The third-order valence-corrected chi connectivity index (χ3v) is 4.04. The normalized spacial score (nSPS) is 8.00. The van der Waals surface area contributed by atoms with E-state index < -0.39 is 0 Å². The first-order chi connectivity index (χ1) is 13.3. The maximum atomic E-state index is 3.06. The molecule has 0 aliphatic rings. The molecular formula is C27H30Cl2SiZr-4. The molecule has 0 unspecified atom stereocenters. The van der Waals surface area contributed by atoms with Crippen LogP contribution in [0.3, 0.4) is 0 Å². The van der Waals surface area contributed by atoms with Gasteiger partial charge in [-0.05, 0) is 6.92 Å². The molecule has 5 rings (SSSR count). The van der Waals surface area contributed by atoms with Crippen molar-refractivity contribution < 1.29 is 23.3 Å². The van der Waals surface area contributed by atoms with Crippen molar-refractivity contribution in [2.45, 2.75) is 6.92 Å². The molecule has 0 amide bonds. The van der Waals surface area contributed by atoms with E-state index in [1.165, 1.54) is 50.4 Å². The van der Waals surface area contributed by atoms with Crippen molar-refractivity contribution in [2.75, 3.05) is 0 Å². The number of halogens is 2. The van der Waals surface area contributed by atoms with E-state index in [0.29, 0.717) is 0 Å². The van der Waals surface area contributed by atoms with E-state index in [4.69, 9.17) is 0 Å². The standard InChI is InChI=1S/2C9H7.C7H8.2CH3.2ClH.Si.Zr/c2*1-2-5-9-7-3-6-8(9)4-1;1-7-5-3-2-4-6-7;;;;;;/h2*1-7H;2-6H,1H3;2*1H3;2*1H;;/q2*-1;;2*-1;;;;. The first kappa shape index (κ1) is 34.2. The maximum Gasteiger partial charge on any atom is -0.0809 e. The van der Waals surface area contributed by atoms with Crippen LogP contribution < -0.4 is 0 Å². The second-order valence-corrected chi connectivity index (χ2v) is 5.96. The molecule has 0 saturated carbocycles. The van der Waals surface area contributed by atoms with Crippen LogP contribution >= 0.6 is 24.8 Å². The monoisotopic (exact) mass is 542 g/mol. The molecule has 0 heterocycles. The zero-order valence-electron chi connectivity index (χ0n) is 18.3. The summed E-state index contributed by atoms with van der Waals surface area (Å²) in [6.45, 7) is 5.15. The Morgan fingerprint density at radius 1 is 0.548 bits per heavy atom. The van der Waals surface area contributed by atoms with E-state index in [1.807, 2.05) is 18.2 Å². The Balaban J connectivity index is -0.000000346. The minimum atomic E-state index is 0. The predicted molar refractivity (Wildman–Crippen MR) is 143 cm³/mol. The van der Waals surface area contributed by atoms with E-state index in [-0.39, 0.29) is 39.7 Å². The fourth-order valence-electron chi connectivity index (χ4n) is 2.67. The zero-order chi connectivity index (χ0) is 19.3. The Labute approximate surface area is 217 Å². The predicted octanol–water partition coefficient (Wildman–Crippen LogP) is 8.47. The third-order valence-electron chi connectivity index (χ3n) is 4.04. The molecule has 0 aliphatic heterocycles. The summed E-state index contributed by atoms with van der Waals surface area (Å²) in [6.07, 6.45) is 0. The van der Waals surface area contributed by atoms with Crippen LogP contribution in [0.15, 0.2) is 115 Å². The summed E-state index contributed by atoms with van der Waals surface area (Å²) in [5.74, 6) is 0. The average Bonchev–Trinajstić information content (AvgIpc) is 3.40. The largest absolute Gasteiger partial charge is 0.168 e. The molecule has 2 radical (unpaired) electrons. The molecule has 164 valence electrons. The van der Waals surface area contributed by atoms with Crippen molar-refractivity contribution in [3.05, 3.63) is 136 Å². The molecule has 0 aliphatic carbocycles. The van der Waals surface area contributed by atoms with Crippen LogP contribution in [0.5, 0.6) is 0 Å². The third kappa shape index (κ3) is 12.2. The van der Waals surface area contributed by atoms with E-state index >= 15 is 0 Å². The van der Waals surface area contributed by atoms with Gasteiger partial charge < -0.3 is 14.9 Å². The smallest absolute Gasteiger partial charge is 0.0809 e. The Kier molecular flexibility index (Phi) is 22.6. The molecule has 0 saturated heterocycles. The molecule has 5 aromatic rings. The Bertz CT molecular complexity index is 912. The van der Waals surface area contributed by atoms with Crippen LogP contribution in [0.4, 0.5) is 0 Å². The van der Waals surface area contributed by atoms with Gasteiger partial charge >= 0.3 is 30.2 Å². The second kappa shape index (κ2) is 20.5. The van der Waals surface area contributed by atoms with Gasteiger partial charge in [-0.15, -0.1) is 84.1 Å². The Hall–Kier alpha value is -1.44. The molecule has 0 bridgehead atoms. The van der Waals surface area contributed by atoms with Gasteiger partial charge in [0.25, 0.3) is 0 Å². The van der Waals surface area contributed by atoms with Crippen molar-refractivity contribution in [1.82, 2.24) is 0 Å². The minimum absolute atomic E-state index is 0. The number of hydrogen-bond acceptors (Lipinski definition) is 0. The Morgan fingerprint density at radius 3 is 1.23 bits per heavy atom. The van der Waals surface area contributed by atoms with Crippen molar-refractivity contribution in [2.24, 2.45) is 0 Å². The molecule has 0 spiro atoms. The van der Waals surface area contributed by atoms with Gasteiger partial charge in [-0.1, -0.05) is 48.0 Å². The number of aryl methyl sites for hydroxylation is 1. The molecule has 0 N–H and O–H groups in total. The fraction of sp³-hybridized carbons (Fsp3) is 0.0370. The Morgan fingerprint density at radius 2 is 0.903 bits per heavy atom. The maximum absolute atomic E-state index is 3.06. The van der Waals surface area contributed by atoms with Gasteiger partial charge in [0.1, 0.15) is 0 Å². The summed E-state index contributed by atoms with van der Waals surface area (Å²) >= 11 is 1.36. The molecular weight excluding hydrogens is 515 g/mol. The minimum Gasteiger partial charge on any atom is -0.168 e. The van der Waals surface area contributed by atoms with Gasteiger partial charge in [0.15, 0.2) is 0 Å². The average molecular weight is 545 g/mol. The van der Waals surface area contributed by atoms with Gasteiger partial charge in [0.05, 0.1) is 0 Å². The van der Waals surface area contributed by atoms with E-state index in [0.717, 1.165) is 0 Å². The van der Waals surface area contributed by atoms with Crippen LogP contribution in [0.2, 0.25) is 0 Å². The van der Waals surface area contributed by atoms with Crippen molar-refractivity contribution in [3.63, 3.8) is 0 Å². The molecule has 0 aromatic heterocycles. The van der Waals surface area contributed by atoms with Crippen LogP contribution in [-0.2, 0) is 23.3 Å². The van der Waals surface area contributed by atoms with E-state index in [9.17, 15) is 0 Å². The topological polar surface area (TPSA) is 0 Å². The molecule has 0 fully saturated rings. The van der Waals surface area contributed by atoms with Crippen molar-refractivity contribution in [3.8, 4) is 0 Å². The van der Waals surface area contributed by atoms with Crippen LogP contribution in [0.25, 0.3) is 21.5 Å². The van der Waals surface area contributed by atoms with Crippen LogP contribution in [0, 0.1) is 21.8 Å². The number of rotatable bonds is 0. The van der Waals surface area contributed by atoms with E-state index in [1.54, 1.807) is 0 Å². The van der Waals surface area contributed by atoms with Gasteiger partial charge in [-0.2, -0.15) is 35.0 Å². The van der Waals surface area contributed by atoms with Crippen LogP contribution in [-0.4, -0.2) is 6.88 Å². The van der Waals surface area contributed by atoms with Gasteiger partial charge in [-0.25, -0.2) is 0 Å². The summed E-state index contributed by atoms with van der Waals surface area (Å²) in [4.78, 5) is 0. The summed E-state index contributed by atoms with van der Waals surface area (Å²) in [6, 6.07) is 39.6. The quantitative estimate of drug-likeness (QED) is 0.135. The number of hydrogen-bond donors (Lipinski definition) is 0. The summed E-state index contributed by atoms with van der Waals surface area (Å²) in [5, 5.41) is 5.32. The molecule has 4 heteroatoms. The first-order valence-electron chi connectivity index (χ1n) is 8.80. The summed E-state index contributed by atoms with van der Waals surface area (Å²) < 4.78 is 0. The number of benzene rings is 3. The summed E-state index contributed by atoms with van der Waals surface area (Å²) in [5.41, 5.74) is 1.32. The molecule has 0 atom stereocenters. The van der Waals surface area contributed by atoms with Gasteiger partial charge in [-0.3, -0.25) is 0 Å². The molecule has 31 heavy (non-hydrogen) atoms. The number of fused-ring (bicyclic) bond motifs is 2. The van der Waals surface area contributed by atoms with E-state index in [2.05, 4.69) is 111 Å². The molecule has 0 nitrogen and oxygen atoms in total. The summed E-state index contributed by atoms with van der Waals surface area (Å²) in [7, 11) is 0. The van der Waals surface area contributed by atoms with Gasteiger partial charge in [0.2, 0.25) is 0 Å². The van der Waals surface area contributed by atoms with Crippen molar-refractivity contribution >= 4 is 53.2 Å².